The van der Waals surface area contributed by atoms with Crippen LogP contribution in [0.1, 0.15) is 30.0 Å². The molecule has 0 atom stereocenters. The summed E-state index contributed by atoms with van der Waals surface area (Å²) in [5.74, 6) is 0.845. The summed E-state index contributed by atoms with van der Waals surface area (Å²) in [5, 5.41) is 0. The van der Waals surface area contributed by atoms with E-state index in [1.54, 1.807) is 12.1 Å². The maximum absolute atomic E-state index is 11.0. The van der Waals surface area contributed by atoms with Crippen LogP contribution < -0.4 is 8.92 Å². The first kappa shape index (κ1) is 24.5. The van der Waals surface area contributed by atoms with E-state index in [9.17, 15) is 8.42 Å². The van der Waals surface area contributed by atoms with E-state index >= 15 is 0 Å². The molecule has 0 radical (unpaired) electrons. The lowest BCUT2D eigenvalue weighted by molar-refractivity contribution is 0.261. The number of hydrogen-bond donors (Lipinski definition) is 1. The summed E-state index contributed by atoms with van der Waals surface area (Å²) in [6, 6.07) is 24.8. The summed E-state index contributed by atoms with van der Waals surface area (Å²) < 4.78 is 41.4. The van der Waals surface area contributed by atoms with Gasteiger partial charge in [0.2, 0.25) is 0 Å². The first-order chi connectivity index (χ1) is 15.8. The lowest BCUT2D eigenvalue weighted by Crippen LogP contribution is -2.19. The molecule has 0 saturated heterocycles. The predicted molar refractivity (Wildman–Crippen MR) is 132 cm³/mol. The predicted octanol–water partition coefficient (Wildman–Crippen LogP) is 5.18. The molecular formula is C26H29NO5S. The van der Waals surface area contributed by atoms with E-state index in [1.165, 1.54) is 12.1 Å². The lowest BCUT2D eigenvalue weighted by Gasteiger charge is -2.17. The Morgan fingerprint density at radius 1 is 0.818 bits per heavy atom. The normalized spacial score (nSPS) is 12.4. The molecule has 3 aromatic rings. The van der Waals surface area contributed by atoms with Crippen LogP contribution in [0.25, 0.3) is 11.1 Å². The Morgan fingerprint density at radius 2 is 1.36 bits per heavy atom. The van der Waals surface area contributed by atoms with Crippen molar-refractivity contribution in [2.45, 2.75) is 13.3 Å². The molecule has 0 aromatic heterocycles. The molecule has 1 N–H and O–H groups in total. The van der Waals surface area contributed by atoms with Gasteiger partial charge in [-0.25, -0.2) is 0 Å². The highest BCUT2D eigenvalue weighted by Crippen LogP contribution is 2.35. The summed E-state index contributed by atoms with van der Waals surface area (Å²) in [6.07, 6.45) is 0.795. The maximum atomic E-state index is 11.0. The fraction of sp³-hybridized carbons (Fsp3) is 0.231. The van der Waals surface area contributed by atoms with E-state index in [2.05, 4.69) is 28.1 Å². The molecule has 3 rings (SSSR count). The lowest BCUT2D eigenvalue weighted by atomic mass is 9.88. The fourth-order valence-electron chi connectivity index (χ4n) is 3.54. The topological polar surface area (TPSA) is 76.1 Å². The Bertz CT molecular complexity index is 1170. The smallest absolute Gasteiger partial charge is 0.446 e. The molecule has 0 aliphatic carbocycles. The number of likely N-dealkylation sites (N-methyl/N-ethyl adjacent to an activating group) is 1. The van der Waals surface area contributed by atoms with Crippen LogP contribution in [0.4, 0.5) is 0 Å². The van der Waals surface area contributed by atoms with Crippen molar-refractivity contribution in [1.29, 1.82) is 0 Å². The van der Waals surface area contributed by atoms with Crippen LogP contribution in [0.15, 0.2) is 78.9 Å². The zero-order valence-electron chi connectivity index (χ0n) is 19.1. The van der Waals surface area contributed by atoms with Gasteiger partial charge in [-0.1, -0.05) is 61.5 Å². The number of ether oxygens (including phenoxy) is 1. The Kier molecular flexibility index (Phi) is 8.27. The fourth-order valence-corrected chi connectivity index (χ4v) is 3.90. The molecule has 0 amide bonds. The van der Waals surface area contributed by atoms with E-state index in [4.69, 9.17) is 9.29 Å². The number of allylic oxidation sites excluding steroid dienone is 1. The third kappa shape index (κ3) is 7.18. The van der Waals surface area contributed by atoms with E-state index in [0.29, 0.717) is 6.61 Å². The Labute approximate surface area is 196 Å². The third-order valence-corrected chi connectivity index (χ3v) is 5.48. The van der Waals surface area contributed by atoms with Crippen LogP contribution >= 0.6 is 0 Å². The van der Waals surface area contributed by atoms with Crippen LogP contribution in [0, 0.1) is 0 Å². The quantitative estimate of drug-likeness (QED) is 0.327. The summed E-state index contributed by atoms with van der Waals surface area (Å²) in [6.45, 7) is 3.55. The van der Waals surface area contributed by atoms with Crippen molar-refractivity contribution in [3.8, 4) is 11.5 Å². The summed E-state index contributed by atoms with van der Waals surface area (Å²) in [4.78, 5) is 2.07. The highest BCUT2D eigenvalue weighted by molar-refractivity contribution is 7.81. The largest absolute Gasteiger partial charge is 0.492 e. The molecule has 0 bridgehead atoms. The van der Waals surface area contributed by atoms with Crippen LogP contribution in [0.3, 0.4) is 0 Å². The van der Waals surface area contributed by atoms with E-state index < -0.39 is 10.4 Å². The van der Waals surface area contributed by atoms with Crippen molar-refractivity contribution < 1.29 is 21.9 Å². The second-order valence-corrected chi connectivity index (χ2v) is 8.81. The average molecular weight is 468 g/mol. The standard InChI is InChI=1S/C26H29NO5S/c1-4-25(20-8-6-5-7-9-20)26(22-12-16-24(17-13-22)32-33(28,29)30)21-10-14-23(15-11-21)31-19-18-27(2)3/h5-17H,4,18-19H2,1-3H3,(H,28,29,30)/b26-25-. The van der Waals surface area contributed by atoms with Crippen molar-refractivity contribution >= 4 is 21.5 Å². The zero-order valence-corrected chi connectivity index (χ0v) is 19.9. The average Bonchev–Trinajstić information content (AvgIpc) is 2.78. The van der Waals surface area contributed by atoms with Gasteiger partial charge in [0.1, 0.15) is 18.1 Å². The van der Waals surface area contributed by atoms with Gasteiger partial charge in [0.15, 0.2) is 0 Å². The monoisotopic (exact) mass is 467 g/mol. The van der Waals surface area contributed by atoms with Crippen molar-refractivity contribution in [2.75, 3.05) is 27.2 Å². The van der Waals surface area contributed by atoms with Crippen LogP contribution in [-0.2, 0) is 10.4 Å². The number of hydrogen-bond acceptors (Lipinski definition) is 5. The number of rotatable bonds is 10. The van der Waals surface area contributed by atoms with Gasteiger partial charge in [0, 0.05) is 6.54 Å². The maximum Gasteiger partial charge on any atom is 0.446 e. The molecule has 0 fully saturated rings. The van der Waals surface area contributed by atoms with Crippen molar-refractivity contribution in [2.24, 2.45) is 0 Å². The zero-order chi connectivity index (χ0) is 23.8. The molecule has 3 aromatic carbocycles. The van der Waals surface area contributed by atoms with Gasteiger partial charge in [-0.05, 0) is 72.6 Å². The minimum Gasteiger partial charge on any atom is -0.492 e. The number of nitrogens with zero attached hydrogens (tertiary/aromatic N) is 1. The van der Waals surface area contributed by atoms with Crippen molar-refractivity contribution in [3.63, 3.8) is 0 Å². The van der Waals surface area contributed by atoms with Crippen molar-refractivity contribution in [1.82, 2.24) is 4.90 Å². The molecular weight excluding hydrogens is 438 g/mol. The molecule has 33 heavy (non-hydrogen) atoms. The molecule has 0 heterocycles. The van der Waals surface area contributed by atoms with Gasteiger partial charge < -0.3 is 13.8 Å². The first-order valence-electron chi connectivity index (χ1n) is 10.7. The molecule has 0 unspecified atom stereocenters. The van der Waals surface area contributed by atoms with Gasteiger partial charge in [-0.2, -0.15) is 8.42 Å². The minimum atomic E-state index is -4.57. The van der Waals surface area contributed by atoms with Crippen LogP contribution in [0.2, 0.25) is 0 Å². The molecule has 0 saturated carbocycles. The molecule has 0 aliphatic rings. The Morgan fingerprint density at radius 3 is 1.85 bits per heavy atom. The molecule has 174 valence electrons. The highest BCUT2D eigenvalue weighted by atomic mass is 32.3. The van der Waals surface area contributed by atoms with Crippen LogP contribution in [0.5, 0.6) is 11.5 Å². The third-order valence-electron chi connectivity index (χ3n) is 5.07. The minimum absolute atomic E-state index is 0.0444. The second-order valence-electron chi connectivity index (χ2n) is 7.78. The number of benzene rings is 3. The first-order valence-corrected chi connectivity index (χ1v) is 12.1. The Hall–Kier alpha value is -3.13. The SMILES string of the molecule is CC/C(=C(\c1ccc(OCCN(C)C)cc1)c1ccc(OS(=O)(=O)O)cc1)c1ccccc1. The van der Waals surface area contributed by atoms with Gasteiger partial charge in [-0.3, -0.25) is 4.55 Å². The molecule has 0 aliphatic heterocycles. The molecule has 0 spiro atoms. The van der Waals surface area contributed by atoms with Gasteiger partial charge in [0.05, 0.1) is 0 Å². The van der Waals surface area contributed by atoms with E-state index in [1.807, 2.05) is 56.6 Å². The highest BCUT2D eigenvalue weighted by Gasteiger charge is 2.14. The summed E-state index contributed by atoms with van der Waals surface area (Å²) in [5.41, 5.74) is 5.21. The second kappa shape index (κ2) is 11.1. The van der Waals surface area contributed by atoms with Gasteiger partial charge in [0.25, 0.3) is 0 Å². The molecule has 6 nitrogen and oxygen atoms in total. The van der Waals surface area contributed by atoms with Gasteiger partial charge >= 0.3 is 10.4 Å². The summed E-state index contributed by atoms with van der Waals surface area (Å²) >= 11 is 0. The Balaban J connectivity index is 2.02. The molecule has 7 heteroatoms. The van der Waals surface area contributed by atoms with E-state index in [-0.39, 0.29) is 5.75 Å². The summed E-state index contributed by atoms with van der Waals surface area (Å²) in [7, 11) is -0.562. The van der Waals surface area contributed by atoms with Gasteiger partial charge in [-0.15, -0.1) is 0 Å². The van der Waals surface area contributed by atoms with Crippen molar-refractivity contribution in [3.05, 3.63) is 95.6 Å². The van der Waals surface area contributed by atoms with E-state index in [0.717, 1.165) is 46.6 Å². The van der Waals surface area contributed by atoms with Crippen LogP contribution in [-0.4, -0.2) is 45.1 Å².